The van der Waals surface area contributed by atoms with Crippen molar-refractivity contribution in [3.8, 4) is 125 Å². The number of aryl methyl sites for hydroxylation is 5. The van der Waals surface area contributed by atoms with Crippen molar-refractivity contribution < 1.29 is 9.47 Å². The summed E-state index contributed by atoms with van der Waals surface area (Å²) in [6.07, 6.45) is 7.42. The Balaban J connectivity index is 0.000000122. The predicted octanol–water partition coefficient (Wildman–Crippen LogP) is 32.0. The third kappa shape index (κ3) is 14.2. The number of halogens is 1. The number of hydrogen-bond acceptors (Lipinski definition) is 16. The molecule has 0 saturated carbocycles. The first-order valence-corrected chi connectivity index (χ1v) is 49.4. The molecule has 22 aromatic rings. The minimum Gasteiger partial charge on any atom is -0.452 e. The molecule has 10 heterocycles. The molecule has 2 aliphatic carbocycles. The van der Waals surface area contributed by atoms with Crippen LogP contribution in [-0.2, 0) is 10.8 Å². The fraction of sp³-hybridized carbons (Fsp3) is 0.0560. The minimum absolute atomic E-state index is 0.585. The number of fused-ring (bicyclic) bond motifs is 26. The van der Waals surface area contributed by atoms with Crippen LogP contribution < -0.4 is 19.3 Å². The lowest BCUT2D eigenvalue weighted by Gasteiger charge is -2.42. The molecule has 0 bridgehead atoms. The number of para-hydroxylation sites is 4. The molecule has 0 radical (unpaired) electrons. The molecule has 17 heteroatoms. The Morgan fingerprint density at radius 3 is 1.09 bits per heavy atom. The summed E-state index contributed by atoms with van der Waals surface area (Å²) in [6, 6.07) is 136. The van der Waals surface area contributed by atoms with Crippen molar-refractivity contribution in [2.75, 3.05) is 9.80 Å². The zero-order valence-corrected chi connectivity index (χ0v) is 80.0. The van der Waals surface area contributed by atoms with Crippen molar-refractivity contribution in [1.82, 2.24) is 49.8 Å². The van der Waals surface area contributed by atoms with E-state index in [0.717, 1.165) is 178 Å². The van der Waals surface area contributed by atoms with Gasteiger partial charge in [0.15, 0.2) is 57.9 Å². The molecule has 0 N–H and O–H groups in total. The molecule has 0 saturated heterocycles. The summed E-state index contributed by atoms with van der Waals surface area (Å²) in [7, 11) is 0. The van der Waals surface area contributed by atoms with Gasteiger partial charge in [-0.3, -0.25) is 19.9 Å². The highest BCUT2D eigenvalue weighted by atomic mass is 35.5. The summed E-state index contributed by atoms with van der Waals surface area (Å²) in [5.41, 5.74) is 30.6. The van der Waals surface area contributed by atoms with Gasteiger partial charge >= 0.3 is 0 Å². The normalized spacial score (nSPS) is 14.6. The van der Waals surface area contributed by atoms with E-state index in [4.69, 9.17) is 70.9 Å². The molecule has 142 heavy (non-hydrogen) atoms. The number of nitrogens with zero attached hydrogens (tertiary/aromatic N) is 12. The highest BCUT2D eigenvalue weighted by Gasteiger charge is 2.55. The van der Waals surface area contributed by atoms with Gasteiger partial charge in [0, 0.05) is 96.0 Å². The summed E-state index contributed by atoms with van der Waals surface area (Å²) >= 11 is 10.2. The van der Waals surface area contributed by atoms with E-state index < -0.39 is 10.8 Å². The van der Waals surface area contributed by atoms with Crippen molar-refractivity contribution >= 4 is 90.8 Å². The van der Waals surface area contributed by atoms with E-state index >= 15 is 0 Å². The van der Waals surface area contributed by atoms with E-state index in [1.165, 1.54) is 59.8 Å². The van der Waals surface area contributed by atoms with Gasteiger partial charge in [-0.25, -0.2) is 29.9 Å². The third-order valence-electron chi connectivity index (χ3n) is 27.9. The SMILES string of the molecule is Cc1ccc(-c2nc(-c3ccc(C)cc3)nc(-c3ccccc3-c3cnc4c(c3)C3(c5ccccc5Sc5c3ccc3c5Oc5ccccc5N3c3ccc5ccccc5c3)c3cccnc3-4)n2)cc1.Cc1ccc(-c2nc(-c3ccc(C)cc3)nc(-c3ccccc3C)n2)cc1.Clc1cnc2c(c1)C1(c3ccccc3Sc3c1ccc1c3Oc3ccccc3N1c1ccc3ccccc3c1)c1cccnc1-2. The molecule has 674 valence electrons. The number of pyridine rings is 4. The lowest BCUT2D eigenvalue weighted by Crippen LogP contribution is -2.32. The van der Waals surface area contributed by atoms with Crippen LogP contribution in [0.2, 0.25) is 5.02 Å². The summed E-state index contributed by atoms with van der Waals surface area (Å²) < 4.78 is 14.1. The average Bonchev–Trinajstić information content (AvgIpc) is 1.48. The molecule has 0 fully saturated rings. The summed E-state index contributed by atoms with van der Waals surface area (Å²) in [4.78, 5) is 59.1. The Hall–Kier alpha value is -17.2. The maximum atomic E-state index is 7.15. The molecule has 4 aliphatic heterocycles. The standard InChI is InChI=1S/C62H40N6OS.C39H22ClN3OS.C24H21N3/c1-37-21-25-40(26-22-37)59-65-60(41-27-23-38(2)24-28-41)67-61(66-59)46-15-6-5-14-45(46)43-35-50-56(64-36-43)55-48(17-11-33-63-55)62(50)47-16-7-10-20-54(47)70-58-49(62)31-32-52-57(58)69-53-19-9-8-18-51(53)68(52)44-30-29-39-12-3-4-13-42(39)34-44;40-25-21-30-36(42-22-25)35-28(11-7-19-41-35)39(30)27-10-3-6-14-34(27)45-38-29(39)17-18-32-37(38)44-33-13-5-4-12-31(33)43(32)26-16-15-23-8-1-2-9-24(23)20-26;1-16-8-12-19(13-9-16)22-25-23(20-14-10-17(2)11-15-20)27-24(26-22)21-7-5-4-6-18(21)3/h3-36H,1-2H3;1-22H;4-15H,1-3H3. The lowest BCUT2D eigenvalue weighted by molar-refractivity contribution is 0.461. The zero-order valence-electron chi connectivity index (χ0n) is 77.6. The molecule has 28 rings (SSSR count). The van der Waals surface area contributed by atoms with Crippen LogP contribution in [0.15, 0.2) is 433 Å². The maximum Gasteiger partial charge on any atom is 0.165 e. The van der Waals surface area contributed by atoms with E-state index in [1.807, 2.05) is 48.9 Å². The second kappa shape index (κ2) is 34.5. The molecule has 6 aliphatic rings. The lowest BCUT2D eigenvalue weighted by atomic mass is 9.67. The second-order valence-electron chi connectivity index (χ2n) is 36.6. The number of hydrogen-bond donors (Lipinski definition) is 0. The minimum atomic E-state index is -0.790. The van der Waals surface area contributed by atoms with Crippen LogP contribution in [0.5, 0.6) is 23.0 Å². The first-order chi connectivity index (χ1) is 69.8. The van der Waals surface area contributed by atoms with E-state index in [1.54, 1.807) is 29.7 Å². The van der Waals surface area contributed by atoms with Crippen molar-refractivity contribution in [2.24, 2.45) is 0 Å². The van der Waals surface area contributed by atoms with Crippen LogP contribution in [0.4, 0.5) is 34.1 Å². The number of aromatic nitrogens is 10. The van der Waals surface area contributed by atoms with Crippen molar-refractivity contribution in [1.29, 1.82) is 0 Å². The van der Waals surface area contributed by atoms with Crippen molar-refractivity contribution in [2.45, 2.75) is 65.0 Å². The van der Waals surface area contributed by atoms with E-state index in [0.29, 0.717) is 40.0 Å². The summed E-state index contributed by atoms with van der Waals surface area (Å²) in [5, 5.41) is 5.38. The molecule has 2 unspecified atom stereocenters. The Labute approximate surface area is 834 Å². The predicted molar refractivity (Wildman–Crippen MR) is 571 cm³/mol. The van der Waals surface area contributed by atoms with E-state index in [2.05, 4.69) is 402 Å². The largest absolute Gasteiger partial charge is 0.452 e. The Kier molecular flexibility index (Phi) is 20.7. The number of anilines is 6. The molecule has 2 spiro atoms. The van der Waals surface area contributed by atoms with Crippen LogP contribution in [-0.4, -0.2) is 49.8 Å². The van der Waals surface area contributed by atoms with Crippen LogP contribution in [0.1, 0.15) is 72.3 Å². The quantitative estimate of drug-likeness (QED) is 0.134. The van der Waals surface area contributed by atoms with Gasteiger partial charge in [-0.15, -0.1) is 0 Å². The number of rotatable bonds is 9. The Bertz CT molecular complexity index is 8800. The number of benzene rings is 16. The molecular weight excluding hydrogens is 1800 g/mol. The number of ether oxygens (including phenoxy) is 2. The summed E-state index contributed by atoms with van der Waals surface area (Å²) in [5.74, 6) is 7.18. The van der Waals surface area contributed by atoms with Gasteiger partial charge in [0.1, 0.15) is 0 Å². The fourth-order valence-electron chi connectivity index (χ4n) is 21.1. The highest BCUT2D eigenvalue weighted by Crippen LogP contribution is 2.69. The first-order valence-electron chi connectivity index (χ1n) is 47.4. The maximum absolute atomic E-state index is 7.15. The van der Waals surface area contributed by atoms with Crippen LogP contribution in [0.25, 0.3) is 124 Å². The molecule has 16 aromatic carbocycles. The van der Waals surface area contributed by atoms with Crippen LogP contribution in [0.3, 0.4) is 0 Å². The Morgan fingerprint density at radius 2 is 0.627 bits per heavy atom. The van der Waals surface area contributed by atoms with Crippen molar-refractivity contribution in [3.63, 3.8) is 0 Å². The van der Waals surface area contributed by atoms with Gasteiger partial charge in [0.25, 0.3) is 0 Å². The molecule has 14 nitrogen and oxygen atoms in total. The van der Waals surface area contributed by atoms with Gasteiger partial charge in [0.2, 0.25) is 0 Å². The van der Waals surface area contributed by atoms with Crippen molar-refractivity contribution in [3.05, 3.63) is 490 Å². The topological polar surface area (TPSA) is 154 Å². The average molecular weight is 1880 g/mol. The van der Waals surface area contributed by atoms with Gasteiger partial charge in [-0.2, -0.15) is 0 Å². The highest BCUT2D eigenvalue weighted by molar-refractivity contribution is 8.00. The Morgan fingerprint density at radius 1 is 0.261 bits per heavy atom. The third-order valence-corrected chi connectivity index (χ3v) is 30.5. The zero-order chi connectivity index (χ0) is 95.0. The van der Waals surface area contributed by atoms with Crippen LogP contribution >= 0.6 is 35.1 Å². The second-order valence-corrected chi connectivity index (χ2v) is 39.1. The van der Waals surface area contributed by atoms with E-state index in [9.17, 15) is 0 Å². The van der Waals surface area contributed by atoms with Gasteiger partial charge in [0.05, 0.1) is 71.2 Å². The van der Waals surface area contributed by atoms with E-state index in [-0.39, 0.29) is 0 Å². The molecule has 2 atom stereocenters. The van der Waals surface area contributed by atoms with Gasteiger partial charge in [-0.1, -0.05) is 349 Å². The first kappa shape index (κ1) is 85.3. The fourth-order valence-corrected chi connectivity index (χ4v) is 23.8. The molecule has 0 amide bonds. The smallest absolute Gasteiger partial charge is 0.165 e. The monoisotopic (exact) mass is 1880 g/mol. The summed E-state index contributed by atoms with van der Waals surface area (Å²) in [6.45, 7) is 10.4. The molecule has 6 aromatic heterocycles. The van der Waals surface area contributed by atoms with Gasteiger partial charge in [-0.05, 0) is 198 Å². The van der Waals surface area contributed by atoms with Crippen LogP contribution in [0, 0.1) is 34.6 Å². The molecular formula is C125H83ClN12O2S2. The van der Waals surface area contributed by atoms with Gasteiger partial charge < -0.3 is 19.3 Å².